The minimum Gasteiger partial charge on any atom is -0.269 e. The second-order valence-electron chi connectivity index (χ2n) is 3.04. The Kier molecular flexibility index (Phi) is 4.81. The van der Waals surface area contributed by atoms with Crippen molar-refractivity contribution in [2.75, 3.05) is 11.3 Å². The van der Waals surface area contributed by atoms with E-state index in [0.29, 0.717) is 4.47 Å². The summed E-state index contributed by atoms with van der Waals surface area (Å²) in [5.41, 5.74) is -0.0269. The van der Waals surface area contributed by atoms with Gasteiger partial charge in [-0.1, -0.05) is 11.6 Å². The van der Waals surface area contributed by atoms with Crippen LogP contribution in [0.25, 0.3) is 0 Å². The van der Waals surface area contributed by atoms with Crippen molar-refractivity contribution in [2.45, 2.75) is 6.18 Å². The number of hydrogen-bond donors (Lipinski definition) is 2. The molecular formula is C7H6BrClF3N3O2S. The molecule has 2 N–H and O–H groups in total. The monoisotopic (exact) mass is 367 g/mol. The largest absolute Gasteiger partial charge is 0.402 e. The molecule has 18 heavy (non-hydrogen) atoms. The third-order valence-corrected chi connectivity index (χ3v) is 3.67. The first-order valence-electron chi connectivity index (χ1n) is 4.24. The van der Waals surface area contributed by atoms with Gasteiger partial charge in [-0.05, 0) is 22.0 Å². The summed E-state index contributed by atoms with van der Waals surface area (Å²) < 4.78 is 61.6. The Hall–Kier alpha value is -0.580. The van der Waals surface area contributed by atoms with Crippen molar-refractivity contribution in [2.24, 2.45) is 0 Å². The zero-order valence-electron chi connectivity index (χ0n) is 8.42. The SMILES string of the molecule is O=S(=O)(NCC(F)(F)F)Nc1cnc(Cl)c(Br)c1. The summed E-state index contributed by atoms with van der Waals surface area (Å²) >= 11 is 8.57. The molecule has 5 nitrogen and oxygen atoms in total. The predicted octanol–water partition coefficient (Wildman–Crippen LogP) is 2.31. The van der Waals surface area contributed by atoms with Crippen LogP contribution in [0.15, 0.2) is 16.7 Å². The van der Waals surface area contributed by atoms with Crippen molar-refractivity contribution >= 4 is 43.4 Å². The van der Waals surface area contributed by atoms with Crippen molar-refractivity contribution in [1.29, 1.82) is 0 Å². The third-order valence-electron chi connectivity index (χ3n) is 1.51. The molecule has 0 atom stereocenters. The Bertz CT molecular complexity index is 537. The molecule has 0 saturated carbocycles. The molecule has 0 saturated heterocycles. The van der Waals surface area contributed by atoms with Crippen molar-refractivity contribution < 1.29 is 21.6 Å². The number of aromatic nitrogens is 1. The van der Waals surface area contributed by atoms with Gasteiger partial charge in [0.05, 0.1) is 16.4 Å². The average molecular weight is 369 g/mol. The van der Waals surface area contributed by atoms with E-state index in [4.69, 9.17) is 11.6 Å². The summed E-state index contributed by atoms with van der Waals surface area (Å²) in [5, 5.41) is 0.0983. The molecule has 102 valence electrons. The minimum atomic E-state index is -4.63. The molecule has 0 aliphatic rings. The Balaban J connectivity index is 2.74. The normalized spacial score (nSPS) is 12.5. The van der Waals surface area contributed by atoms with Crippen LogP contribution < -0.4 is 9.44 Å². The molecule has 0 radical (unpaired) electrons. The summed E-state index contributed by atoms with van der Waals surface area (Å²) in [7, 11) is -4.32. The maximum atomic E-state index is 11.8. The van der Waals surface area contributed by atoms with E-state index in [2.05, 4.69) is 20.9 Å². The maximum absolute atomic E-state index is 11.8. The number of nitrogens with zero attached hydrogens (tertiary/aromatic N) is 1. The van der Waals surface area contributed by atoms with Crippen LogP contribution in [0.5, 0.6) is 0 Å². The molecule has 0 aromatic carbocycles. The molecule has 0 unspecified atom stereocenters. The maximum Gasteiger partial charge on any atom is 0.402 e. The van der Waals surface area contributed by atoms with E-state index in [-0.39, 0.29) is 10.8 Å². The number of hydrogen-bond acceptors (Lipinski definition) is 3. The van der Waals surface area contributed by atoms with Gasteiger partial charge in [0.1, 0.15) is 11.7 Å². The number of alkyl halides is 3. The lowest BCUT2D eigenvalue weighted by Gasteiger charge is -2.11. The van der Waals surface area contributed by atoms with Gasteiger partial charge >= 0.3 is 6.18 Å². The summed E-state index contributed by atoms with van der Waals surface area (Å²) in [6, 6.07) is 1.27. The van der Waals surface area contributed by atoms with Crippen LogP contribution in [0.2, 0.25) is 5.15 Å². The van der Waals surface area contributed by atoms with E-state index in [1.165, 1.54) is 10.8 Å². The van der Waals surface area contributed by atoms with E-state index in [1.54, 1.807) is 0 Å². The Morgan fingerprint density at radius 3 is 2.56 bits per heavy atom. The lowest BCUT2D eigenvalue weighted by Crippen LogP contribution is -2.37. The van der Waals surface area contributed by atoms with E-state index in [0.717, 1.165) is 6.20 Å². The fourth-order valence-electron chi connectivity index (χ4n) is 0.845. The van der Waals surface area contributed by atoms with Crippen LogP contribution >= 0.6 is 27.5 Å². The number of rotatable bonds is 4. The van der Waals surface area contributed by atoms with Crippen molar-refractivity contribution in [3.8, 4) is 0 Å². The number of nitrogens with one attached hydrogen (secondary N) is 2. The first-order chi connectivity index (χ1) is 8.09. The molecule has 0 fully saturated rings. The molecule has 1 aromatic rings. The fourth-order valence-corrected chi connectivity index (χ4v) is 2.15. The number of halogens is 5. The second kappa shape index (κ2) is 5.59. The highest BCUT2D eigenvalue weighted by molar-refractivity contribution is 9.10. The standard InChI is InChI=1S/C7H6BrClF3N3O2S/c8-5-1-4(2-13-6(5)9)15-18(16,17)14-3-7(10,11)12/h1-2,14-15H,3H2. The van der Waals surface area contributed by atoms with Crippen LogP contribution in [0.1, 0.15) is 0 Å². The third kappa shape index (κ3) is 5.38. The van der Waals surface area contributed by atoms with Gasteiger partial charge in [-0.25, -0.2) is 4.98 Å². The Morgan fingerprint density at radius 1 is 1.44 bits per heavy atom. The average Bonchev–Trinajstić information content (AvgIpc) is 2.20. The lowest BCUT2D eigenvalue weighted by molar-refractivity contribution is -0.121. The highest BCUT2D eigenvalue weighted by Crippen LogP contribution is 2.23. The van der Waals surface area contributed by atoms with E-state index < -0.39 is 22.9 Å². The summed E-state index contributed by atoms with van der Waals surface area (Å²) in [4.78, 5) is 3.61. The highest BCUT2D eigenvalue weighted by atomic mass is 79.9. The summed E-state index contributed by atoms with van der Waals surface area (Å²) in [6.07, 6.45) is -3.56. The second-order valence-corrected chi connectivity index (χ2v) is 5.75. The zero-order valence-corrected chi connectivity index (χ0v) is 11.6. The summed E-state index contributed by atoms with van der Waals surface area (Å²) in [6.45, 7) is -1.66. The lowest BCUT2D eigenvalue weighted by atomic mass is 10.4. The molecule has 0 aliphatic carbocycles. The first-order valence-corrected chi connectivity index (χ1v) is 6.90. The van der Waals surface area contributed by atoms with E-state index in [1.807, 2.05) is 4.72 Å². The topological polar surface area (TPSA) is 71.1 Å². The van der Waals surface area contributed by atoms with Crippen molar-refractivity contribution in [3.63, 3.8) is 0 Å². The van der Waals surface area contributed by atoms with Gasteiger partial charge < -0.3 is 0 Å². The molecule has 0 bridgehead atoms. The minimum absolute atomic E-state index is 0.0269. The molecule has 0 amide bonds. The Labute approximate surface area is 114 Å². The fraction of sp³-hybridized carbons (Fsp3) is 0.286. The van der Waals surface area contributed by atoms with Gasteiger partial charge in [-0.3, -0.25) is 4.72 Å². The molecule has 1 heterocycles. The number of anilines is 1. The summed E-state index contributed by atoms with van der Waals surface area (Å²) in [5.74, 6) is 0. The van der Waals surface area contributed by atoms with Gasteiger partial charge in [-0.15, -0.1) is 0 Å². The number of pyridine rings is 1. The zero-order chi connectivity index (χ0) is 14.0. The van der Waals surface area contributed by atoms with Crippen LogP contribution in [0.4, 0.5) is 18.9 Å². The first kappa shape index (κ1) is 15.5. The van der Waals surface area contributed by atoms with Gasteiger partial charge in [0.2, 0.25) is 0 Å². The molecule has 1 aromatic heterocycles. The molecule has 0 spiro atoms. The van der Waals surface area contributed by atoms with Gasteiger partial charge in [0.25, 0.3) is 10.2 Å². The molecule has 0 aliphatic heterocycles. The Morgan fingerprint density at radius 2 is 2.06 bits per heavy atom. The van der Waals surface area contributed by atoms with Gasteiger partial charge in [-0.2, -0.15) is 26.3 Å². The van der Waals surface area contributed by atoms with Crippen molar-refractivity contribution in [1.82, 2.24) is 9.71 Å². The van der Waals surface area contributed by atoms with Gasteiger partial charge in [0.15, 0.2) is 0 Å². The van der Waals surface area contributed by atoms with Crippen LogP contribution in [0.3, 0.4) is 0 Å². The smallest absolute Gasteiger partial charge is 0.269 e. The predicted molar refractivity (Wildman–Crippen MR) is 63.5 cm³/mol. The molecular weight excluding hydrogens is 363 g/mol. The highest BCUT2D eigenvalue weighted by Gasteiger charge is 2.29. The quantitative estimate of drug-likeness (QED) is 0.801. The van der Waals surface area contributed by atoms with E-state index >= 15 is 0 Å². The van der Waals surface area contributed by atoms with Crippen LogP contribution in [0, 0.1) is 0 Å². The molecule has 1 rings (SSSR count). The van der Waals surface area contributed by atoms with Crippen molar-refractivity contribution in [3.05, 3.63) is 21.9 Å². The van der Waals surface area contributed by atoms with Gasteiger partial charge in [0, 0.05) is 0 Å². The molecule has 11 heteroatoms. The van der Waals surface area contributed by atoms with Crippen LogP contribution in [-0.2, 0) is 10.2 Å². The van der Waals surface area contributed by atoms with Crippen LogP contribution in [-0.4, -0.2) is 26.1 Å². The van der Waals surface area contributed by atoms with E-state index in [9.17, 15) is 21.6 Å².